The summed E-state index contributed by atoms with van der Waals surface area (Å²) in [5.41, 5.74) is 1.63. The molecule has 5 nitrogen and oxygen atoms in total. The average Bonchev–Trinajstić information content (AvgIpc) is 2.93. The number of hydrogen-bond acceptors (Lipinski definition) is 4. The molecule has 1 aromatic carbocycles. The van der Waals surface area contributed by atoms with E-state index in [0.717, 1.165) is 31.5 Å². The van der Waals surface area contributed by atoms with Gasteiger partial charge in [0.15, 0.2) is 0 Å². The van der Waals surface area contributed by atoms with E-state index in [0.29, 0.717) is 24.6 Å². The number of rotatable bonds is 7. The maximum Gasteiger partial charge on any atom is 0.338 e. The van der Waals surface area contributed by atoms with E-state index in [2.05, 4.69) is 4.90 Å². The lowest BCUT2D eigenvalue weighted by atomic mass is 10.1. The van der Waals surface area contributed by atoms with Crippen LogP contribution in [-0.4, -0.2) is 41.1 Å². The topological polar surface area (TPSA) is 66.8 Å². The third kappa shape index (κ3) is 4.56. The number of carboxylic acids is 1. The van der Waals surface area contributed by atoms with Crippen molar-refractivity contribution >= 4 is 11.9 Å². The van der Waals surface area contributed by atoms with E-state index in [4.69, 9.17) is 9.84 Å². The van der Waals surface area contributed by atoms with Crippen LogP contribution in [0.25, 0.3) is 0 Å². The van der Waals surface area contributed by atoms with Crippen LogP contribution in [0.15, 0.2) is 24.3 Å². The van der Waals surface area contributed by atoms with Gasteiger partial charge in [-0.3, -0.25) is 9.69 Å². The molecule has 1 aromatic rings. The van der Waals surface area contributed by atoms with Gasteiger partial charge in [-0.25, -0.2) is 4.79 Å². The average molecular weight is 305 g/mol. The lowest BCUT2D eigenvalue weighted by Crippen LogP contribution is -2.29. The van der Waals surface area contributed by atoms with E-state index in [1.807, 2.05) is 18.2 Å². The zero-order chi connectivity index (χ0) is 15.9. The van der Waals surface area contributed by atoms with Crippen molar-refractivity contribution in [3.63, 3.8) is 0 Å². The second kappa shape index (κ2) is 7.94. The molecule has 1 aliphatic rings. The van der Waals surface area contributed by atoms with Gasteiger partial charge >= 0.3 is 11.9 Å². The Morgan fingerprint density at radius 3 is 2.95 bits per heavy atom. The van der Waals surface area contributed by atoms with Crippen LogP contribution in [-0.2, 0) is 16.1 Å². The van der Waals surface area contributed by atoms with Gasteiger partial charge in [-0.15, -0.1) is 0 Å². The highest BCUT2D eigenvalue weighted by Gasteiger charge is 2.25. The molecule has 2 rings (SSSR count). The molecule has 5 heteroatoms. The van der Waals surface area contributed by atoms with Gasteiger partial charge in [-0.05, 0) is 50.4 Å². The summed E-state index contributed by atoms with van der Waals surface area (Å²) in [5, 5.41) is 8.83. The van der Waals surface area contributed by atoms with Gasteiger partial charge in [0.25, 0.3) is 0 Å². The molecular formula is C17H23NO4. The molecule has 1 N–H and O–H groups in total. The van der Waals surface area contributed by atoms with Crippen LogP contribution in [0.2, 0.25) is 0 Å². The Morgan fingerprint density at radius 1 is 1.41 bits per heavy atom. The molecule has 22 heavy (non-hydrogen) atoms. The van der Waals surface area contributed by atoms with Crippen LogP contribution in [0.4, 0.5) is 0 Å². The summed E-state index contributed by atoms with van der Waals surface area (Å²) < 4.78 is 5.02. The number of ether oxygens (including phenoxy) is 1. The maximum absolute atomic E-state index is 11.8. The van der Waals surface area contributed by atoms with Crippen molar-refractivity contribution in [3.05, 3.63) is 35.4 Å². The molecule has 0 aromatic heterocycles. The Bertz CT molecular complexity index is 529. The fraction of sp³-hybridized carbons (Fsp3) is 0.529. The molecule has 0 saturated carbocycles. The largest absolute Gasteiger partial charge is 0.481 e. The highest BCUT2D eigenvalue weighted by molar-refractivity contribution is 5.89. The summed E-state index contributed by atoms with van der Waals surface area (Å²) in [6, 6.07) is 7.80. The second-order valence-corrected chi connectivity index (χ2v) is 5.62. The summed E-state index contributed by atoms with van der Waals surface area (Å²) in [6.45, 7) is 3.89. The molecule has 0 bridgehead atoms. The smallest absolute Gasteiger partial charge is 0.338 e. The summed E-state index contributed by atoms with van der Waals surface area (Å²) >= 11 is 0. The number of esters is 1. The Labute approximate surface area is 130 Å². The number of carbonyl (C=O) groups excluding carboxylic acids is 1. The first-order chi connectivity index (χ1) is 10.6. The van der Waals surface area contributed by atoms with E-state index in [1.54, 1.807) is 13.0 Å². The predicted molar refractivity (Wildman–Crippen MR) is 82.7 cm³/mol. The monoisotopic (exact) mass is 305 g/mol. The molecule has 0 amide bonds. The van der Waals surface area contributed by atoms with Gasteiger partial charge in [-0.1, -0.05) is 12.1 Å². The predicted octanol–water partition coefficient (Wildman–Crippen LogP) is 2.69. The number of aliphatic carboxylic acids is 1. The minimum absolute atomic E-state index is 0.212. The van der Waals surface area contributed by atoms with Gasteiger partial charge in [0.05, 0.1) is 12.2 Å². The van der Waals surface area contributed by atoms with E-state index >= 15 is 0 Å². The van der Waals surface area contributed by atoms with Crippen molar-refractivity contribution in [3.8, 4) is 0 Å². The quantitative estimate of drug-likeness (QED) is 0.785. The fourth-order valence-electron chi connectivity index (χ4n) is 2.97. The number of hydrogen-bond donors (Lipinski definition) is 1. The molecular weight excluding hydrogens is 282 g/mol. The summed E-state index contributed by atoms with van der Waals surface area (Å²) in [4.78, 5) is 24.8. The van der Waals surface area contributed by atoms with Crippen LogP contribution >= 0.6 is 0 Å². The lowest BCUT2D eigenvalue weighted by molar-refractivity contribution is -0.137. The first-order valence-corrected chi connectivity index (χ1v) is 7.82. The molecule has 0 spiro atoms. The molecule has 0 radical (unpaired) electrons. The van der Waals surface area contributed by atoms with E-state index < -0.39 is 5.97 Å². The van der Waals surface area contributed by atoms with Gasteiger partial charge < -0.3 is 9.84 Å². The van der Waals surface area contributed by atoms with Gasteiger partial charge in [0.1, 0.15) is 0 Å². The van der Waals surface area contributed by atoms with Crippen molar-refractivity contribution in [2.45, 2.75) is 45.2 Å². The van der Waals surface area contributed by atoms with Crippen molar-refractivity contribution in [1.82, 2.24) is 4.90 Å². The maximum atomic E-state index is 11.8. The number of likely N-dealkylation sites (tertiary alicyclic amines) is 1. The van der Waals surface area contributed by atoms with E-state index in [1.165, 1.54) is 0 Å². The molecule has 0 aliphatic carbocycles. The molecule has 120 valence electrons. The summed E-state index contributed by atoms with van der Waals surface area (Å²) in [6.07, 6.45) is 3.05. The number of benzene rings is 1. The van der Waals surface area contributed by atoms with Crippen molar-refractivity contribution in [1.29, 1.82) is 0 Å². The van der Waals surface area contributed by atoms with Crippen molar-refractivity contribution < 1.29 is 19.4 Å². The number of nitrogens with zero attached hydrogens (tertiary/aromatic N) is 1. The van der Waals surface area contributed by atoms with Crippen LogP contribution in [0.5, 0.6) is 0 Å². The Kier molecular flexibility index (Phi) is 5.95. The minimum atomic E-state index is -0.740. The van der Waals surface area contributed by atoms with Gasteiger partial charge in [0.2, 0.25) is 0 Å². The molecule has 1 atom stereocenters. The second-order valence-electron chi connectivity index (χ2n) is 5.62. The normalized spacial score (nSPS) is 18.3. The SMILES string of the molecule is CCOC(=O)c1cccc(CN2CCCC2CCC(=O)O)c1. The number of carboxylic acid groups (broad SMARTS) is 1. The Morgan fingerprint density at radius 2 is 2.23 bits per heavy atom. The first kappa shape index (κ1) is 16.5. The third-order valence-electron chi connectivity index (χ3n) is 4.01. The Balaban J connectivity index is 1.98. The minimum Gasteiger partial charge on any atom is -0.481 e. The first-order valence-electron chi connectivity index (χ1n) is 7.82. The molecule has 1 saturated heterocycles. The van der Waals surface area contributed by atoms with Crippen molar-refractivity contribution in [2.24, 2.45) is 0 Å². The zero-order valence-corrected chi connectivity index (χ0v) is 13.0. The summed E-state index contributed by atoms with van der Waals surface area (Å²) in [7, 11) is 0. The fourth-order valence-corrected chi connectivity index (χ4v) is 2.97. The Hall–Kier alpha value is -1.88. The zero-order valence-electron chi connectivity index (χ0n) is 13.0. The van der Waals surface area contributed by atoms with E-state index in [-0.39, 0.29) is 12.4 Å². The van der Waals surface area contributed by atoms with E-state index in [9.17, 15) is 9.59 Å². The molecule has 1 heterocycles. The third-order valence-corrected chi connectivity index (χ3v) is 4.01. The highest BCUT2D eigenvalue weighted by atomic mass is 16.5. The van der Waals surface area contributed by atoms with Gasteiger partial charge in [-0.2, -0.15) is 0 Å². The van der Waals surface area contributed by atoms with Crippen molar-refractivity contribution in [2.75, 3.05) is 13.2 Å². The highest BCUT2D eigenvalue weighted by Crippen LogP contribution is 2.24. The molecule has 1 fully saturated rings. The lowest BCUT2D eigenvalue weighted by Gasteiger charge is -2.24. The standard InChI is InChI=1S/C17H23NO4/c1-2-22-17(21)14-6-3-5-13(11-14)12-18-10-4-7-15(18)8-9-16(19)20/h3,5-6,11,15H,2,4,7-10,12H2,1H3,(H,19,20). The van der Waals surface area contributed by atoms with Crippen LogP contribution in [0.3, 0.4) is 0 Å². The van der Waals surface area contributed by atoms with Crippen LogP contribution in [0, 0.1) is 0 Å². The van der Waals surface area contributed by atoms with Gasteiger partial charge in [0, 0.05) is 19.0 Å². The van der Waals surface area contributed by atoms with Crippen LogP contribution in [0.1, 0.15) is 48.5 Å². The number of carbonyl (C=O) groups is 2. The molecule has 1 unspecified atom stereocenters. The van der Waals surface area contributed by atoms with Crippen LogP contribution < -0.4 is 0 Å². The summed E-state index contributed by atoms with van der Waals surface area (Å²) in [5.74, 6) is -1.04. The molecule has 1 aliphatic heterocycles.